The predicted octanol–water partition coefficient (Wildman–Crippen LogP) is 3.26. The maximum absolute atomic E-state index is 5.93. The van der Waals surface area contributed by atoms with Gasteiger partial charge in [0.2, 0.25) is 0 Å². The molecule has 0 spiro atoms. The molecule has 2 heteroatoms. The lowest BCUT2D eigenvalue weighted by molar-refractivity contribution is 0.792. The van der Waals surface area contributed by atoms with Crippen LogP contribution in [0.4, 0.5) is 0 Å². The molecule has 15 heavy (non-hydrogen) atoms. The van der Waals surface area contributed by atoms with E-state index >= 15 is 0 Å². The third-order valence-corrected chi connectivity index (χ3v) is 2.77. The van der Waals surface area contributed by atoms with Gasteiger partial charge < -0.3 is 5.32 Å². The van der Waals surface area contributed by atoms with E-state index in [9.17, 15) is 0 Å². The second-order valence-electron chi connectivity index (χ2n) is 3.68. The quantitative estimate of drug-likeness (QED) is 0.836. The van der Waals surface area contributed by atoms with Crippen LogP contribution >= 0.6 is 11.6 Å². The van der Waals surface area contributed by atoms with E-state index in [2.05, 4.69) is 29.6 Å². The van der Waals surface area contributed by atoms with Crippen molar-refractivity contribution < 1.29 is 0 Å². The Morgan fingerprint density at radius 3 is 2.60 bits per heavy atom. The molecule has 78 valence electrons. The van der Waals surface area contributed by atoms with Crippen molar-refractivity contribution in [2.45, 2.75) is 6.42 Å². The zero-order chi connectivity index (χ0) is 10.7. The number of rotatable bonds is 3. The molecule has 0 bridgehead atoms. The zero-order valence-electron chi connectivity index (χ0n) is 8.76. The molecule has 0 aromatic heterocycles. The van der Waals surface area contributed by atoms with E-state index < -0.39 is 0 Å². The van der Waals surface area contributed by atoms with Crippen LogP contribution in [-0.2, 0) is 6.42 Å². The highest BCUT2D eigenvalue weighted by Crippen LogP contribution is 2.20. The van der Waals surface area contributed by atoms with Crippen LogP contribution in [0.15, 0.2) is 36.4 Å². The summed E-state index contributed by atoms with van der Waals surface area (Å²) in [5.74, 6) is 0. The zero-order valence-corrected chi connectivity index (χ0v) is 9.51. The summed E-state index contributed by atoms with van der Waals surface area (Å²) in [5, 5.41) is 6.41. The molecule has 0 fully saturated rings. The van der Waals surface area contributed by atoms with Gasteiger partial charge in [-0.15, -0.1) is 0 Å². The number of fused-ring (bicyclic) bond motifs is 1. The highest BCUT2D eigenvalue weighted by Gasteiger charge is 1.97. The van der Waals surface area contributed by atoms with Crippen LogP contribution in [0.3, 0.4) is 0 Å². The molecule has 0 aliphatic carbocycles. The summed E-state index contributed by atoms with van der Waals surface area (Å²) in [5.41, 5.74) is 1.36. The molecule has 0 aliphatic rings. The van der Waals surface area contributed by atoms with Crippen LogP contribution < -0.4 is 5.32 Å². The standard InChI is InChI=1S/C13H14ClN/c1-15-7-6-10-2-3-12-9-13(14)5-4-11(12)8-10/h2-5,8-9,15H,6-7H2,1H3. The molecular weight excluding hydrogens is 206 g/mol. The Morgan fingerprint density at radius 2 is 1.80 bits per heavy atom. The van der Waals surface area contributed by atoms with Gasteiger partial charge in [-0.25, -0.2) is 0 Å². The first kappa shape index (κ1) is 10.5. The van der Waals surface area contributed by atoms with Gasteiger partial charge in [0.05, 0.1) is 0 Å². The first-order valence-corrected chi connectivity index (χ1v) is 5.50. The molecule has 1 nitrogen and oxygen atoms in total. The summed E-state index contributed by atoms with van der Waals surface area (Å²) in [6.45, 7) is 1.01. The van der Waals surface area contributed by atoms with Crippen LogP contribution in [0.2, 0.25) is 5.02 Å². The van der Waals surface area contributed by atoms with Gasteiger partial charge in [0.25, 0.3) is 0 Å². The lowest BCUT2D eigenvalue weighted by atomic mass is 10.1. The number of likely N-dealkylation sites (N-methyl/N-ethyl adjacent to an activating group) is 1. The van der Waals surface area contributed by atoms with Gasteiger partial charge in [-0.3, -0.25) is 0 Å². The van der Waals surface area contributed by atoms with Gasteiger partial charge in [-0.1, -0.05) is 35.9 Å². The molecule has 0 saturated carbocycles. The second-order valence-corrected chi connectivity index (χ2v) is 4.12. The lowest BCUT2D eigenvalue weighted by Gasteiger charge is -2.03. The fraction of sp³-hybridized carbons (Fsp3) is 0.231. The van der Waals surface area contributed by atoms with Crippen LogP contribution in [-0.4, -0.2) is 13.6 Å². The van der Waals surface area contributed by atoms with Gasteiger partial charge in [-0.05, 0) is 48.5 Å². The largest absolute Gasteiger partial charge is 0.319 e. The number of nitrogens with one attached hydrogen (secondary N) is 1. The number of halogens is 1. The smallest absolute Gasteiger partial charge is 0.0412 e. The Balaban J connectivity index is 2.34. The van der Waals surface area contributed by atoms with E-state index in [4.69, 9.17) is 11.6 Å². The molecule has 0 amide bonds. The third-order valence-electron chi connectivity index (χ3n) is 2.53. The molecule has 0 radical (unpaired) electrons. The fourth-order valence-electron chi connectivity index (χ4n) is 1.69. The lowest BCUT2D eigenvalue weighted by Crippen LogP contribution is -2.10. The number of hydrogen-bond donors (Lipinski definition) is 1. The Morgan fingerprint density at radius 1 is 1.07 bits per heavy atom. The highest BCUT2D eigenvalue weighted by atomic mass is 35.5. The van der Waals surface area contributed by atoms with Gasteiger partial charge in [-0.2, -0.15) is 0 Å². The molecule has 0 heterocycles. The summed E-state index contributed by atoms with van der Waals surface area (Å²) in [6, 6.07) is 12.5. The SMILES string of the molecule is CNCCc1ccc2cc(Cl)ccc2c1. The van der Waals surface area contributed by atoms with Gasteiger partial charge in [0, 0.05) is 5.02 Å². The van der Waals surface area contributed by atoms with Crippen molar-refractivity contribution in [1.29, 1.82) is 0 Å². The Labute approximate surface area is 95.1 Å². The van der Waals surface area contributed by atoms with Crippen LogP contribution in [0.1, 0.15) is 5.56 Å². The molecular formula is C13H14ClN. The van der Waals surface area contributed by atoms with Gasteiger partial charge >= 0.3 is 0 Å². The minimum atomic E-state index is 0.797. The monoisotopic (exact) mass is 219 g/mol. The molecule has 0 aliphatic heterocycles. The Bertz CT molecular complexity index is 465. The maximum Gasteiger partial charge on any atom is 0.0412 e. The van der Waals surface area contributed by atoms with Crippen molar-refractivity contribution in [1.82, 2.24) is 5.32 Å². The molecule has 1 N–H and O–H groups in total. The van der Waals surface area contributed by atoms with Gasteiger partial charge in [0.15, 0.2) is 0 Å². The molecule has 0 unspecified atom stereocenters. The van der Waals surface area contributed by atoms with Crippen LogP contribution in [0.25, 0.3) is 10.8 Å². The Kier molecular flexibility index (Phi) is 3.24. The van der Waals surface area contributed by atoms with Crippen molar-refractivity contribution in [3.05, 3.63) is 47.0 Å². The van der Waals surface area contributed by atoms with Crippen LogP contribution in [0.5, 0.6) is 0 Å². The summed E-state index contributed by atoms with van der Waals surface area (Å²) in [4.78, 5) is 0. The second kappa shape index (κ2) is 4.65. The van der Waals surface area contributed by atoms with E-state index in [1.807, 2.05) is 19.2 Å². The van der Waals surface area contributed by atoms with E-state index in [1.165, 1.54) is 16.3 Å². The predicted molar refractivity (Wildman–Crippen MR) is 66.6 cm³/mol. The third kappa shape index (κ3) is 2.49. The maximum atomic E-state index is 5.93. The average Bonchev–Trinajstić information content (AvgIpc) is 2.26. The summed E-state index contributed by atoms with van der Waals surface area (Å²) < 4.78 is 0. The first-order valence-electron chi connectivity index (χ1n) is 5.12. The number of benzene rings is 2. The molecule has 2 aromatic rings. The van der Waals surface area contributed by atoms with Crippen LogP contribution in [0, 0.1) is 0 Å². The summed E-state index contributed by atoms with van der Waals surface area (Å²) >= 11 is 5.93. The van der Waals surface area contributed by atoms with E-state index in [-0.39, 0.29) is 0 Å². The fourth-order valence-corrected chi connectivity index (χ4v) is 1.87. The number of hydrogen-bond acceptors (Lipinski definition) is 1. The molecule has 2 rings (SSSR count). The topological polar surface area (TPSA) is 12.0 Å². The van der Waals surface area contributed by atoms with Crippen molar-refractivity contribution >= 4 is 22.4 Å². The van der Waals surface area contributed by atoms with E-state index in [0.717, 1.165) is 18.0 Å². The van der Waals surface area contributed by atoms with E-state index in [1.54, 1.807) is 0 Å². The van der Waals surface area contributed by atoms with Gasteiger partial charge in [0.1, 0.15) is 0 Å². The molecule has 2 aromatic carbocycles. The highest BCUT2D eigenvalue weighted by molar-refractivity contribution is 6.31. The van der Waals surface area contributed by atoms with Crippen molar-refractivity contribution in [2.24, 2.45) is 0 Å². The minimum Gasteiger partial charge on any atom is -0.319 e. The minimum absolute atomic E-state index is 0.797. The van der Waals surface area contributed by atoms with Crippen molar-refractivity contribution in [3.63, 3.8) is 0 Å². The van der Waals surface area contributed by atoms with E-state index in [0.29, 0.717) is 0 Å². The average molecular weight is 220 g/mol. The molecule has 0 saturated heterocycles. The first-order chi connectivity index (χ1) is 7.29. The van der Waals surface area contributed by atoms with Crippen molar-refractivity contribution in [3.8, 4) is 0 Å². The summed E-state index contributed by atoms with van der Waals surface area (Å²) in [7, 11) is 1.97. The summed E-state index contributed by atoms with van der Waals surface area (Å²) in [6.07, 6.45) is 1.06. The normalized spacial score (nSPS) is 10.8. The van der Waals surface area contributed by atoms with Crippen molar-refractivity contribution in [2.75, 3.05) is 13.6 Å². The molecule has 0 atom stereocenters. The Hall–Kier alpha value is -1.05.